The van der Waals surface area contributed by atoms with E-state index in [9.17, 15) is 9.59 Å². The maximum absolute atomic E-state index is 12.8. The Morgan fingerprint density at radius 3 is 2.52 bits per heavy atom. The highest BCUT2D eigenvalue weighted by Crippen LogP contribution is 2.27. The molecule has 3 rings (SSSR count). The molecular formula is C20H28N2O3. The van der Waals surface area contributed by atoms with E-state index in [4.69, 9.17) is 10.5 Å². The van der Waals surface area contributed by atoms with E-state index in [0.29, 0.717) is 32.4 Å². The first-order valence-electron chi connectivity index (χ1n) is 9.45. The number of primary amides is 1. The summed E-state index contributed by atoms with van der Waals surface area (Å²) in [4.78, 5) is 25.9. The number of nitrogens with zero attached hydrogens (tertiary/aromatic N) is 1. The highest BCUT2D eigenvalue weighted by atomic mass is 16.5. The summed E-state index contributed by atoms with van der Waals surface area (Å²) < 4.78 is 6.04. The number of benzene rings is 1. The number of carbonyl (C=O) groups excluding carboxylic acids is 2. The van der Waals surface area contributed by atoms with Crippen LogP contribution in [0.4, 0.5) is 0 Å². The van der Waals surface area contributed by atoms with Crippen LogP contribution in [0.2, 0.25) is 0 Å². The first kappa shape index (κ1) is 17.8. The second-order valence-electron chi connectivity index (χ2n) is 7.15. The van der Waals surface area contributed by atoms with Crippen LogP contribution in [0.15, 0.2) is 18.2 Å². The number of fused-ring (bicyclic) bond motifs is 1. The Bertz CT molecular complexity index is 636. The largest absolute Gasteiger partial charge is 0.481 e. The molecule has 0 bridgehead atoms. The summed E-state index contributed by atoms with van der Waals surface area (Å²) in [5.41, 5.74) is 8.13. The molecule has 1 aromatic rings. The predicted molar refractivity (Wildman–Crippen MR) is 96.3 cm³/mol. The van der Waals surface area contributed by atoms with Crippen molar-refractivity contribution in [1.82, 2.24) is 4.90 Å². The second-order valence-corrected chi connectivity index (χ2v) is 7.15. The van der Waals surface area contributed by atoms with E-state index >= 15 is 0 Å². The molecule has 5 nitrogen and oxygen atoms in total. The van der Waals surface area contributed by atoms with Crippen LogP contribution in [0.25, 0.3) is 0 Å². The lowest BCUT2D eigenvalue weighted by atomic mass is 9.92. The minimum absolute atomic E-state index is 0.0168. The van der Waals surface area contributed by atoms with Crippen molar-refractivity contribution in [3.05, 3.63) is 29.3 Å². The molecule has 0 aromatic heterocycles. The maximum Gasteiger partial charge on any atom is 0.263 e. The molecule has 0 spiro atoms. The van der Waals surface area contributed by atoms with Crippen LogP contribution in [0.5, 0.6) is 5.75 Å². The van der Waals surface area contributed by atoms with Crippen molar-refractivity contribution in [1.29, 1.82) is 0 Å². The first-order chi connectivity index (χ1) is 12.1. The average molecular weight is 344 g/mol. The molecule has 0 saturated carbocycles. The molecule has 1 aliphatic heterocycles. The summed E-state index contributed by atoms with van der Waals surface area (Å²) >= 11 is 0. The van der Waals surface area contributed by atoms with Crippen LogP contribution in [0.3, 0.4) is 0 Å². The zero-order valence-corrected chi connectivity index (χ0v) is 15.0. The number of carbonyl (C=O) groups is 2. The monoisotopic (exact) mass is 344 g/mol. The highest BCUT2D eigenvalue weighted by Gasteiger charge is 2.30. The molecule has 2 aliphatic rings. The van der Waals surface area contributed by atoms with Crippen molar-refractivity contribution in [2.75, 3.05) is 13.1 Å². The molecular weight excluding hydrogens is 316 g/mol. The summed E-state index contributed by atoms with van der Waals surface area (Å²) in [5, 5.41) is 0. The van der Waals surface area contributed by atoms with E-state index in [0.717, 1.165) is 18.6 Å². The van der Waals surface area contributed by atoms with Gasteiger partial charge in [-0.3, -0.25) is 9.59 Å². The van der Waals surface area contributed by atoms with Crippen molar-refractivity contribution >= 4 is 11.8 Å². The molecule has 25 heavy (non-hydrogen) atoms. The van der Waals surface area contributed by atoms with E-state index in [1.54, 1.807) is 0 Å². The number of nitrogens with two attached hydrogens (primary N) is 1. The molecule has 2 N–H and O–H groups in total. The van der Waals surface area contributed by atoms with Crippen molar-refractivity contribution in [2.45, 2.75) is 58.0 Å². The molecule has 2 amide bonds. The van der Waals surface area contributed by atoms with Gasteiger partial charge in [-0.25, -0.2) is 0 Å². The van der Waals surface area contributed by atoms with Crippen LogP contribution >= 0.6 is 0 Å². The zero-order valence-electron chi connectivity index (χ0n) is 15.0. The Kier molecular flexibility index (Phi) is 5.61. The van der Waals surface area contributed by atoms with Gasteiger partial charge in [-0.05, 0) is 68.2 Å². The Balaban J connectivity index is 1.62. The third-order valence-electron chi connectivity index (χ3n) is 5.45. The van der Waals surface area contributed by atoms with E-state index in [-0.39, 0.29) is 17.7 Å². The van der Waals surface area contributed by atoms with Crippen LogP contribution in [0.1, 0.15) is 50.2 Å². The number of rotatable bonds is 5. The minimum atomic E-state index is -0.466. The fourth-order valence-electron chi connectivity index (χ4n) is 3.84. The summed E-state index contributed by atoms with van der Waals surface area (Å²) in [6.45, 7) is 3.13. The van der Waals surface area contributed by atoms with Gasteiger partial charge < -0.3 is 15.4 Å². The molecule has 0 unspecified atom stereocenters. The molecule has 1 atom stereocenters. The maximum atomic E-state index is 12.8. The zero-order chi connectivity index (χ0) is 17.8. The number of hydrogen-bond acceptors (Lipinski definition) is 3. The second kappa shape index (κ2) is 7.89. The topological polar surface area (TPSA) is 72.6 Å². The molecule has 5 heteroatoms. The number of likely N-dealkylation sites (tertiary alicyclic amines) is 1. The predicted octanol–water partition coefficient (Wildman–Crippen LogP) is 2.45. The van der Waals surface area contributed by atoms with E-state index in [1.165, 1.54) is 24.0 Å². The van der Waals surface area contributed by atoms with Gasteiger partial charge in [0, 0.05) is 19.0 Å². The van der Waals surface area contributed by atoms with E-state index in [2.05, 4.69) is 12.1 Å². The molecule has 1 fully saturated rings. The van der Waals surface area contributed by atoms with Crippen molar-refractivity contribution in [3.8, 4) is 5.75 Å². The lowest BCUT2D eigenvalue weighted by Crippen LogP contribution is -2.47. The Labute approximate surface area is 149 Å². The van der Waals surface area contributed by atoms with Crippen molar-refractivity contribution in [3.63, 3.8) is 0 Å². The van der Waals surface area contributed by atoms with Gasteiger partial charge in [-0.1, -0.05) is 13.0 Å². The van der Waals surface area contributed by atoms with Gasteiger partial charge in [0.2, 0.25) is 5.91 Å². The third kappa shape index (κ3) is 4.14. The molecule has 136 valence electrons. The highest BCUT2D eigenvalue weighted by molar-refractivity contribution is 5.82. The fourth-order valence-corrected chi connectivity index (χ4v) is 3.84. The van der Waals surface area contributed by atoms with E-state index < -0.39 is 6.10 Å². The van der Waals surface area contributed by atoms with Gasteiger partial charge in [0.15, 0.2) is 6.10 Å². The molecule has 1 heterocycles. The standard InChI is InChI=1S/C20H28N2O3/c1-2-18(20(24)22-11-9-15(10-12-22)19(21)23)25-17-8-7-14-5-3-4-6-16(14)13-17/h7-8,13,15,18H,2-6,9-12H2,1H3,(H2,21,23)/t18-/m0/s1. The summed E-state index contributed by atoms with van der Waals surface area (Å²) in [6.07, 6.45) is 6.18. The smallest absolute Gasteiger partial charge is 0.263 e. The third-order valence-corrected chi connectivity index (χ3v) is 5.45. The lowest BCUT2D eigenvalue weighted by Gasteiger charge is -2.33. The number of hydrogen-bond donors (Lipinski definition) is 1. The SMILES string of the molecule is CC[C@H](Oc1ccc2c(c1)CCCC2)C(=O)N1CCC(C(N)=O)CC1. The van der Waals surface area contributed by atoms with Gasteiger partial charge in [0.1, 0.15) is 5.75 Å². The molecule has 1 aliphatic carbocycles. The normalized spacial score (nSPS) is 19.2. The van der Waals surface area contributed by atoms with E-state index in [1.807, 2.05) is 17.9 Å². The lowest BCUT2D eigenvalue weighted by molar-refractivity contribution is -0.141. The average Bonchev–Trinajstić information content (AvgIpc) is 2.65. The Morgan fingerprint density at radius 2 is 1.88 bits per heavy atom. The fraction of sp³-hybridized carbons (Fsp3) is 0.600. The van der Waals surface area contributed by atoms with Crippen LogP contribution in [0, 0.1) is 5.92 Å². The van der Waals surface area contributed by atoms with Crippen LogP contribution < -0.4 is 10.5 Å². The summed E-state index contributed by atoms with van der Waals surface area (Å²) in [7, 11) is 0. The minimum Gasteiger partial charge on any atom is -0.481 e. The number of aryl methyl sites for hydroxylation is 2. The number of ether oxygens (including phenoxy) is 1. The van der Waals surface area contributed by atoms with Crippen molar-refractivity contribution < 1.29 is 14.3 Å². The quantitative estimate of drug-likeness (QED) is 0.892. The summed E-state index contributed by atoms with van der Waals surface area (Å²) in [5.74, 6) is 0.436. The van der Waals surface area contributed by atoms with Crippen molar-refractivity contribution in [2.24, 2.45) is 11.7 Å². The van der Waals surface area contributed by atoms with Gasteiger partial charge in [0.05, 0.1) is 0 Å². The molecule has 1 aromatic carbocycles. The first-order valence-corrected chi connectivity index (χ1v) is 9.45. The summed E-state index contributed by atoms with van der Waals surface area (Å²) in [6, 6.07) is 6.22. The van der Waals surface area contributed by atoms with Gasteiger partial charge in [-0.15, -0.1) is 0 Å². The Morgan fingerprint density at radius 1 is 1.20 bits per heavy atom. The van der Waals surface area contributed by atoms with Gasteiger partial charge in [-0.2, -0.15) is 0 Å². The Hall–Kier alpha value is -2.04. The molecule has 1 saturated heterocycles. The van der Waals surface area contributed by atoms with Crippen LogP contribution in [-0.4, -0.2) is 35.9 Å². The number of piperidine rings is 1. The van der Waals surface area contributed by atoms with Gasteiger partial charge >= 0.3 is 0 Å². The number of amides is 2. The molecule has 0 radical (unpaired) electrons. The van der Waals surface area contributed by atoms with Crippen LogP contribution in [-0.2, 0) is 22.4 Å². The van der Waals surface area contributed by atoms with Gasteiger partial charge in [0.25, 0.3) is 5.91 Å².